The molecule has 3 N–H and O–H groups in total. The summed E-state index contributed by atoms with van der Waals surface area (Å²) in [5.41, 5.74) is 7.15. The molecular formula is C9H11N3O2S. The van der Waals surface area contributed by atoms with Crippen LogP contribution < -0.4 is 5.73 Å². The molecule has 80 valence electrons. The average Bonchev–Trinajstić information content (AvgIpc) is 2.67. The minimum absolute atomic E-state index is 0.0313. The Balaban J connectivity index is 2.34. The molecule has 0 saturated carbocycles. The third kappa shape index (κ3) is 2.00. The summed E-state index contributed by atoms with van der Waals surface area (Å²) in [6.07, 6.45) is 2.52. The number of carbonyl (C=O) groups is 1. The minimum Gasteiger partial charge on any atom is -0.481 e. The van der Waals surface area contributed by atoms with Gasteiger partial charge >= 0.3 is 5.97 Å². The second-order valence-electron chi connectivity index (χ2n) is 3.22. The van der Waals surface area contributed by atoms with Crippen LogP contribution in [0.25, 0.3) is 4.96 Å². The summed E-state index contributed by atoms with van der Waals surface area (Å²) in [5, 5.41) is 10.6. The normalized spacial score (nSPS) is 11.0. The molecule has 0 fully saturated rings. The van der Waals surface area contributed by atoms with Gasteiger partial charge in [0.1, 0.15) is 0 Å². The van der Waals surface area contributed by atoms with Gasteiger partial charge in [0.15, 0.2) is 4.96 Å². The lowest BCUT2D eigenvalue weighted by atomic mass is 10.3. The number of hydrogen-bond donors (Lipinski definition) is 2. The Labute approximate surface area is 90.2 Å². The largest absolute Gasteiger partial charge is 0.481 e. The Hall–Kier alpha value is -1.40. The predicted molar refractivity (Wildman–Crippen MR) is 57.2 cm³/mol. The first-order valence-electron chi connectivity index (χ1n) is 4.57. The van der Waals surface area contributed by atoms with Crippen LogP contribution in [-0.2, 0) is 17.6 Å². The van der Waals surface area contributed by atoms with Crippen molar-refractivity contribution in [3.63, 3.8) is 0 Å². The molecule has 15 heavy (non-hydrogen) atoms. The van der Waals surface area contributed by atoms with E-state index in [-0.39, 0.29) is 6.42 Å². The van der Waals surface area contributed by atoms with Gasteiger partial charge in [-0.15, -0.1) is 11.3 Å². The first-order valence-corrected chi connectivity index (χ1v) is 5.45. The van der Waals surface area contributed by atoms with Crippen LogP contribution in [0.1, 0.15) is 11.4 Å². The number of imidazole rings is 1. The fraction of sp³-hybridized carbons (Fsp3) is 0.333. The predicted octanol–water partition coefficient (Wildman–Crippen LogP) is 0.524. The van der Waals surface area contributed by atoms with Gasteiger partial charge in [-0.2, -0.15) is 0 Å². The van der Waals surface area contributed by atoms with Crippen LogP contribution in [0.5, 0.6) is 0 Å². The number of fused-ring (bicyclic) bond motifs is 1. The van der Waals surface area contributed by atoms with Crippen LogP contribution in [0.4, 0.5) is 0 Å². The molecule has 0 aromatic carbocycles. The van der Waals surface area contributed by atoms with E-state index in [1.165, 1.54) is 11.3 Å². The smallest absolute Gasteiger partial charge is 0.309 e. The first kappa shape index (κ1) is 10.1. The van der Waals surface area contributed by atoms with Crippen LogP contribution >= 0.6 is 11.3 Å². The number of aliphatic carboxylic acids is 1. The van der Waals surface area contributed by atoms with E-state index in [1.807, 2.05) is 9.78 Å². The van der Waals surface area contributed by atoms with E-state index in [9.17, 15) is 4.79 Å². The van der Waals surface area contributed by atoms with Gasteiger partial charge < -0.3 is 10.8 Å². The van der Waals surface area contributed by atoms with Gasteiger partial charge in [-0.25, -0.2) is 4.98 Å². The molecule has 0 aliphatic heterocycles. The highest BCUT2D eigenvalue weighted by molar-refractivity contribution is 7.15. The zero-order valence-corrected chi connectivity index (χ0v) is 8.83. The third-order valence-electron chi connectivity index (χ3n) is 2.07. The van der Waals surface area contributed by atoms with Crippen LogP contribution in [0.15, 0.2) is 11.6 Å². The van der Waals surface area contributed by atoms with Gasteiger partial charge in [0, 0.05) is 23.7 Å². The quantitative estimate of drug-likeness (QED) is 0.795. The number of rotatable bonds is 4. The van der Waals surface area contributed by atoms with E-state index >= 15 is 0 Å². The Morgan fingerprint density at radius 2 is 2.47 bits per heavy atom. The Morgan fingerprint density at radius 1 is 1.67 bits per heavy atom. The van der Waals surface area contributed by atoms with Crippen molar-refractivity contribution in [1.82, 2.24) is 9.38 Å². The molecule has 0 atom stereocenters. The molecule has 2 rings (SSSR count). The van der Waals surface area contributed by atoms with Crippen molar-refractivity contribution in [2.45, 2.75) is 12.8 Å². The van der Waals surface area contributed by atoms with Crippen LogP contribution in [0.3, 0.4) is 0 Å². The molecule has 5 nitrogen and oxygen atoms in total. The van der Waals surface area contributed by atoms with Gasteiger partial charge in [0.05, 0.1) is 12.1 Å². The highest BCUT2D eigenvalue weighted by atomic mass is 32.1. The second-order valence-corrected chi connectivity index (χ2v) is 4.06. The number of nitrogens with zero attached hydrogens (tertiary/aromatic N) is 2. The lowest BCUT2D eigenvalue weighted by molar-refractivity contribution is -0.136. The summed E-state index contributed by atoms with van der Waals surface area (Å²) in [4.78, 5) is 15.6. The van der Waals surface area contributed by atoms with Gasteiger partial charge in [0.2, 0.25) is 0 Å². The maximum absolute atomic E-state index is 10.5. The molecule has 0 radical (unpaired) electrons. The van der Waals surface area contributed by atoms with Crippen molar-refractivity contribution in [3.05, 3.63) is 23.0 Å². The number of carboxylic acid groups (broad SMARTS) is 1. The molecule has 0 aliphatic carbocycles. The van der Waals surface area contributed by atoms with Crippen LogP contribution in [-0.4, -0.2) is 27.0 Å². The number of thiazole rings is 1. The molecule has 0 bridgehead atoms. The van der Waals surface area contributed by atoms with E-state index in [0.29, 0.717) is 12.2 Å². The van der Waals surface area contributed by atoms with E-state index in [1.54, 1.807) is 6.20 Å². The Bertz CT molecular complexity index is 488. The van der Waals surface area contributed by atoms with Gasteiger partial charge in [-0.3, -0.25) is 9.20 Å². The summed E-state index contributed by atoms with van der Waals surface area (Å²) in [7, 11) is 0. The van der Waals surface area contributed by atoms with Crippen molar-refractivity contribution in [3.8, 4) is 0 Å². The van der Waals surface area contributed by atoms with Crippen molar-refractivity contribution in [2.24, 2.45) is 5.73 Å². The molecule has 0 amide bonds. The zero-order chi connectivity index (χ0) is 10.8. The molecule has 2 aromatic rings. The summed E-state index contributed by atoms with van der Waals surface area (Å²) in [6.45, 7) is 0.582. The maximum Gasteiger partial charge on any atom is 0.309 e. The van der Waals surface area contributed by atoms with Crippen molar-refractivity contribution < 1.29 is 9.90 Å². The number of hydrogen-bond acceptors (Lipinski definition) is 4. The van der Waals surface area contributed by atoms with Crippen molar-refractivity contribution in [1.29, 1.82) is 0 Å². The zero-order valence-electron chi connectivity index (χ0n) is 8.01. The number of aromatic nitrogens is 2. The third-order valence-corrected chi connectivity index (χ3v) is 2.95. The molecule has 6 heteroatoms. The molecular weight excluding hydrogens is 214 g/mol. The standard InChI is InChI=1S/C9H11N3O2S/c10-2-1-7-5-15-9-11-6(3-8(13)14)4-12(7)9/h4-5H,1-3,10H2,(H,13,14). The average molecular weight is 225 g/mol. The molecule has 0 spiro atoms. The highest BCUT2D eigenvalue weighted by Gasteiger charge is 2.09. The lowest BCUT2D eigenvalue weighted by Crippen LogP contribution is -2.04. The first-order chi connectivity index (χ1) is 7.20. The maximum atomic E-state index is 10.5. The van der Waals surface area contributed by atoms with Gasteiger partial charge in [-0.05, 0) is 6.54 Å². The minimum atomic E-state index is -0.860. The SMILES string of the molecule is NCCc1csc2nc(CC(=O)O)cn12. The summed E-state index contributed by atoms with van der Waals surface area (Å²) < 4.78 is 1.91. The van der Waals surface area contributed by atoms with E-state index < -0.39 is 5.97 Å². The lowest BCUT2D eigenvalue weighted by Gasteiger charge is -1.94. The summed E-state index contributed by atoms with van der Waals surface area (Å²) in [5.74, 6) is -0.860. The Kier molecular flexibility index (Phi) is 2.70. The molecule has 2 heterocycles. The monoisotopic (exact) mass is 225 g/mol. The number of carboxylic acids is 1. The molecule has 2 aromatic heterocycles. The van der Waals surface area contributed by atoms with E-state index in [4.69, 9.17) is 10.8 Å². The fourth-order valence-electron chi connectivity index (χ4n) is 1.44. The van der Waals surface area contributed by atoms with Crippen LogP contribution in [0, 0.1) is 0 Å². The molecule has 0 unspecified atom stereocenters. The second kappa shape index (κ2) is 4.00. The van der Waals surface area contributed by atoms with Crippen molar-refractivity contribution in [2.75, 3.05) is 6.54 Å². The van der Waals surface area contributed by atoms with Gasteiger partial charge in [-0.1, -0.05) is 0 Å². The summed E-state index contributed by atoms with van der Waals surface area (Å²) in [6, 6.07) is 0. The van der Waals surface area contributed by atoms with E-state index in [0.717, 1.165) is 17.1 Å². The Morgan fingerprint density at radius 3 is 3.13 bits per heavy atom. The molecule has 0 saturated heterocycles. The van der Waals surface area contributed by atoms with E-state index in [2.05, 4.69) is 4.98 Å². The van der Waals surface area contributed by atoms with Crippen LogP contribution in [0.2, 0.25) is 0 Å². The van der Waals surface area contributed by atoms with Gasteiger partial charge in [0.25, 0.3) is 0 Å². The topological polar surface area (TPSA) is 80.6 Å². The van der Waals surface area contributed by atoms with Crippen molar-refractivity contribution >= 4 is 22.3 Å². The fourth-order valence-corrected chi connectivity index (χ4v) is 2.37. The highest BCUT2D eigenvalue weighted by Crippen LogP contribution is 2.17. The molecule has 0 aliphatic rings. The number of nitrogens with two attached hydrogens (primary N) is 1. The summed E-state index contributed by atoms with van der Waals surface area (Å²) >= 11 is 1.51.